The van der Waals surface area contributed by atoms with E-state index < -0.39 is 23.4 Å². The second-order valence-corrected chi connectivity index (χ2v) is 11.3. The Morgan fingerprint density at radius 2 is 1.67 bits per heavy atom. The Labute approximate surface area is 203 Å². The van der Waals surface area contributed by atoms with E-state index in [2.05, 4.69) is 31.2 Å². The van der Waals surface area contributed by atoms with E-state index in [-0.39, 0.29) is 12.1 Å². The Morgan fingerprint density at radius 1 is 1.03 bits per heavy atom. The van der Waals surface area contributed by atoms with Crippen LogP contribution in [0.3, 0.4) is 0 Å². The van der Waals surface area contributed by atoms with Crippen LogP contribution in [-0.2, 0) is 9.47 Å². The fourth-order valence-corrected chi connectivity index (χ4v) is 4.15. The van der Waals surface area contributed by atoms with Gasteiger partial charge in [-0.2, -0.15) is 0 Å². The van der Waals surface area contributed by atoms with Crippen LogP contribution in [0.4, 0.5) is 15.5 Å². The summed E-state index contributed by atoms with van der Waals surface area (Å²) >= 11 is 3.46. The Bertz CT molecular complexity index is 1010. The number of benzene rings is 1. The molecule has 1 heterocycles. The van der Waals surface area contributed by atoms with E-state index in [1.807, 2.05) is 59.7 Å². The van der Waals surface area contributed by atoms with Gasteiger partial charge in [0.1, 0.15) is 11.2 Å². The van der Waals surface area contributed by atoms with Crippen LogP contribution in [-0.4, -0.2) is 45.4 Å². The first-order valence-corrected chi connectivity index (χ1v) is 12.0. The molecule has 0 spiro atoms. The molecular formula is C24H33BrN4O4. The molecule has 1 N–H and O–H groups in total. The number of nitrogens with one attached hydrogen (secondary N) is 1. The van der Waals surface area contributed by atoms with E-state index in [9.17, 15) is 9.59 Å². The number of hydrogen-bond donors (Lipinski definition) is 1. The first-order valence-electron chi connectivity index (χ1n) is 11.2. The highest BCUT2D eigenvalue weighted by molar-refractivity contribution is 9.10. The van der Waals surface area contributed by atoms with Gasteiger partial charge in [-0.25, -0.2) is 24.5 Å². The summed E-state index contributed by atoms with van der Waals surface area (Å²) in [6, 6.07) is 5.59. The van der Waals surface area contributed by atoms with Gasteiger partial charge in [0, 0.05) is 28.1 Å². The molecule has 0 radical (unpaired) electrons. The minimum atomic E-state index is -0.646. The van der Waals surface area contributed by atoms with Crippen molar-refractivity contribution in [3.05, 3.63) is 28.9 Å². The molecule has 1 aromatic carbocycles. The molecule has 1 aliphatic rings. The van der Waals surface area contributed by atoms with Crippen molar-refractivity contribution < 1.29 is 19.1 Å². The number of aromatic nitrogens is 2. The van der Waals surface area contributed by atoms with Gasteiger partial charge in [0.25, 0.3) is 0 Å². The van der Waals surface area contributed by atoms with E-state index in [0.29, 0.717) is 31.6 Å². The van der Waals surface area contributed by atoms with Crippen LogP contribution >= 0.6 is 15.9 Å². The molecule has 0 unspecified atom stereocenters. The number of amides is 2. The molecule has 0 saturated heterocycles. The average Bonchev–Trinajstić information content (AvgIpc) is 2.66. The summed E-state index contributed by atoms with van der Waals surface area (Å²) in [5.74, 6) is 0.322. The molecular weight excluding hydrogens is 488 g/mol. The molecule has 2 amide bonds. The van der Waals surface area contributed by atoms with Crippen LogP contribution < -0.4 is 10.2 Å². The summed E-state index contributed by atoms with van der Waals surface area (Å²) < 4.78 is 12.0. The summed E-state index contributed by atoms with van der Waals surface area (Å²) in [6.07, 6.45) is 3.62. The fraction of sp³-hybridized carbons (Fsp3) is 0.583. The monoisotopic (exact) mass is 520 g/mol. The van der Waals surface area contributed by atoms with Crippen molar-refractivity contribution in [3.63, 3.8) is 0 Å². The first kappa shape index (κ1) is 25.2. The van der Waals surface area contributed by atoms with Gasteiger partial charge in [-0.3, -0.25) is 0 Å². The van der Waals surface area contributed by atoms with Crippen molar-refractivity contribution in [1.29, 1.82) is 0 Å². The number of hydrogen-bond acceptors (Lipinski definition) is 6. The predicted octanol–water partition coefficient (Wildman–Crippen LogP) is 5.97. The van der Waals surface area contributed by atoms with Gasteiger partial charge >= 0.3 is 12.2 Å². The molecule has 1 aromatic heterocycles. The maximum Gasteiger partial charge on any atom is 0.417 e. The van der Waals surface area contributed by atoms with Gasteiger partial charge in [0.2, 0.25) is 5.95 Å². The van der Waals surface area contributed by atoms with Gasteiger partial charge in [0.15, 0.2) is 0 Å². The molecule has 3 rings (SSSR count). The number of halogens is 1. The van der Waals surface area contributed by atoms with E-state index in [1.165, 1.54) is 0 Å². The summed E-state index contributed by atoms with van der Waals surface area (Å²) in [6.45, 7) is 11.0. The Kier molecular flexibility index (Phi) is 7.51. The molecule has 0 atom stereocenters. The molecule has 1 saturated carbocycles. The standard InChI is InChI=1S/C24H33BrN4O4/c1-23(2,3)32-21(30)27-17-8-10-18(11-9-17)29(22(31)33-24(4,5)6)20-26-14-15-13-16(25)7-12-19(15)28-20/h7,12-14,17-18H,8-11H2,1-6H3,(H,27,30). The lowest BCUT2D eigenvalue weighted by atomic mass is 9.90. The topological polar surface area (TPSA) is 93.7 Å². The van der Waals surface area contributed by atoms with E-state index in [4.69, 9.17) is 9.47 Å². The second kappa shape index (κ2) is 9.83. The van der Waals surface area contributed by atoms with Crippen LogP contribution in [0.15, 0.2) is 28.9 Å². The number of fused-ring (bicyclic) bond motifs is 1. The summed E-state index contributed by atoms with van der Waals surface area (Å²) in [5.41, 5.74) is -0.443. The minimum Gasteiger partial charge on any atom is -0.444 e. The lowest BCUT2D eigenvalue weighted by Gasteiger charge is -2.36. The Hall–Kier alpha value is -2.42. The average molecular weight is 521 g/mol. The van der Waals surface area contributed by atoms with Crippen LogP contribution in [0, 0.1) is 0 Å². The molecule has 0 aliphatic heterocycles. The van der Waals surface area contributed by atoms with Gasteiger partial charge < -0.3 is 14.8 Å². The molecule has 1 aliphatic carbocycles. The van der Waals surface area contributed by atoms with Crippen molar-refractivity contribution in [2.75, 3.05) is 4.90 Å². The number of carbonyl (C=O) groups excluding carboxylic acids is 2. The number of carbonyl (C=O) groups is 2. The third-order valence-electron chi connectivity index (χ3n) is 5.12. The lowest BCUT2D eigenvalue weighted by molar-refractivity contribution is 0.0474. The zero-order valence-corrected chi connectivity index (χ0v) is 21.7. The Balaban J connectivity index is 1.78. The highest BCUT2D eigenvalue weighted by Crippen LogP contribution is 2.29. The third-order valence-corrected chi connectivity index (χ3v) is 5.61. The molecule has 180 valence electrons. The lowest BCUT2D eigenvalue weighted by Crippen LogP contribution is -2.49. The highest BCUT2D eigenvalue weighted by atomic mass is 79.9. The summed E-state index contributed by atoms with van der Waals surface area (Å²) in [5, 5.41) is 3.82. The SMILES string of the molecule is CC(C)(C)OC(=O)NC1CCC(N(C(=O)OC(C)(C)C)c2ncc3cc(Br)ccc3n2)CC1. The van der Waals surface area contributed by atoms with Crippen LogP contribution in [0.25, 0.3) is 10.9 Å². The Morgan fingerprint density at radius 3 is 2.27 bits per heavy atom. The van der Waals surface area contributed by atoms with Crippen molar-refractivity contribution in [3.8, 4) is 0 Å². The van der Waals surface area contributed by atoms with Crippen LogP contribution in [0.2, 0.25) is 0 Å². The van der Waals surface area contributed by atoms with Crippen molar-refractivity contribution >= 4 is 45.0 Å². The maximum absolute atomic E-state index is 13.2. The zero-order valence-electron chi connectivity index (χ0n) is 20.1. The number of nitrogens with zero attached hydrogens (tertiary/aromatic N) is 3. The summed E-state index contributed by atoms with van der Waals surface area (Å²) in [4.78, 5) is 36.0. The number of rotatable bonds is 3. The predicted molar refractivity (Wildman–Crippen MR) is 131 cm³/mol. The van der Waals surface area contributed by atoms with E-state index >= 15 is 0 Å². The number of alkyl carbamates (subject to hydrolysis) is 1. The molecule has 1 fully saturated rings. The van der Waals surface area contributed by atoms with Gasteiger partial charge in [-0.05, 0) is 85.4 Å². The minimum absolute atomic E-state index is 0.00791. The summed E-state index contributed by atoms with van der Waals surface area (Å²) in [7, 11) is 0. The third kappa shape index (κ3) is 7.28. The molecule has 0 bridgehead atoms. The fourth-order valence-electron chi connectivity index (χ4n) is 3.77. The normalized spacial score (nSPS) is 19.1. The van der Waals surface area contributed by atoms with Gasteiger partial charge in [-0.15, -0.1) is 0 Å². The van der Waals surface area contributed by atoms with Crippen molar-refractivity contribution in [2.24, 2.45) is 0 Å². The zero-order chi connectivity index (χ0) is 24.4. The highest BCUT2D eigenvalue weighted by Gasteiger charge is 2.35. The van der Waals surface area contributed by atoms with E-state index in [1.54, 1.807) is 11.1 Å². The number of anilines is 1. The first-order chi connectivity index (χ1) is 15.3. The van der Waals surface area contributed by atoms with Gasteiger partial charge in [-0.1, -0.05) is 15.9 Å². The quantitative estimate of drug-likeness (QED) is 0.535. The number of ether oxygens (including phenoxy) is 2. The smallest absolute Gasteiger partial charge is 0.417 e. The van der Waals surface area contributed by atoms with Crippen molar-refractivity contribution in [2.45, 2.75) is 90.5 Å². The molecule has 9 heteroatoms. The van der Waals surface area contributed by atoms with E-state index in [0.717, 1.165) is 15.4 Å². The molecule has 2 aromatic rings. The molecule has 8 nitrogen and oxygen atoms in total. The van der Waals surface area contributed by atoms with Gasteiger partial charge in [0.05, 0.1) is 5.52 Å². The van der Waals surface area contributed by atoms with Crippen molar-refractivity contribution in [1.82, 2.24) is 15.3 Å². The second-order valence-electron chi connectivity index (χ2n) is 10.4. The van der Waals surface area contributed by atoms with Crippen LogP contribution in [0.5, 0.6) is 0 Å². The largest absolute Gasteiger partial charge is 0.444 e. The molecule has 33 heavy (non-hydrogen) atoms. The maximum atomic E-state index is 13.2. The van der Waals surface area contributed by atoms with Crippen LogP contribution in [0.1, 0.15) is 67.2 Å².